The van der Waals surface area contributed by atoms with E-state index in [0.717, 1.165) is 0 Å². The summed E-state index contributed by atoms with van der Waals surface area (Å²) in [6.07, 6.45) is 0.641. The summed E-state index contributed by atoms with van der Waals surface area (Å²) >= 11 is 11.8. The lowest BCUT2D eigenvalue weighted by atomic mass is 9.99. The van der Waals surface area contributed by atoms with Crippen molar-refractivity contribution in [2.75, 3.05) is 4.90 Å². The van der Waals surface area contributed by atoms with Crippen LogP contribution >= 0.6 is 23.2 Å². The largest absolute Gasteiger partial charge is 0.328 e. The summed E-state index contributed by atoms with van der Waals surface area (Å²) in [5.41, 5.74) is -0.140. The Labute approximate surface area is 115 Å². The molecule has 0 radical (unpaired) electrons. The molecule has 1 unspecified atom stereocenters. The van der Waals surface area contributed by atoms with Crippen LogP contribution in [-0.2, 0) is 0 Å². The van der Waals surface area contributed by atoms with Crippen molar-refractivity contribution >= 4 is 40.8 Å². The zero-order valence-electron chi connectivity index (χ0n) is 10.1. The minimum Gasteiger partial charge on any atom is -0.325 e. The molecule has 1 atom stereocenters. The summed E-state index contributed by atoms with van der Waals surface area (Å²) in [6.45, 7) is 3.74. The Bertz CT molecular complexity index is 512. The molecule has 0 bridgehead atoms. The molecule has 0 spiro atoms. The predicted octanol–water partition coefficient (Wildman–Crippen LogP) is 3.67. The van der Waals surface area contributed by atoms with Crippen LogP contribution < -0.4 is 10.2 Å². The third-order valence-corrected chi connectivity index (χ3v) is 3.58. The highest BCUT2D eigenvalue weighted by molar-refractivity contribution is 6.35. The number of amidine groups is 1. The number of urea groups is 1. The fraction of sp³-hybridized carbons (Fsp3) is 0.333. The van der Waals surface area contributed by atoms with Crippen molar-refractivity contribution in [3.63, 3.8) is 0 Å². The zero-order valence-corrected chi connectivity index (χ0v) is 11.6. The van der Waals surface area contributed by atoms with Crippen LogP contribution in [0.15, 0.2) is 18.2 Å². The summed E-state index contributed by atoms with van der Waals surface area (Å²) < 4.78 is 0. The van der Waals surface area contributed by atoms with E-state index in [1.165, 1.54) is 4.90 Å². The Morgan fingerprint density at radius 2 is 1.89 bits per heavy atom. The highest BCUT2D eigenvalue weighted by Gasteiger charge is 2.44. The van der Waals surface area contributed by atoms with Gasteiger partial charge in [-0.15, -0.1) is 0 Å². The molecular formula is C12H13Cl2N3O. The first-order valence-corrected chi connectivity index (χ1v) is 6.30. The molecule has 1 aliphatic heterocycles. The molecule has 1 aromatic carbocycles. The topological polar surface area (TPSA) is 56.2 Å². The Balaban J connectivity index is 2.45. The highest BCUT2D eigenvalue weighted by atomic mass is 35.5. The molecule has 1 heterocycles. The van der Waals surface area contributed by atoms with Crippen LogP contribution in [0.5, 0.6) is 0 Å². The maximum atomic E-state index is 12.0. The van der Waals surface area contributed by atoms with Gasteiger partial charge in [0.25, 0.3) is 0 Å². The molecule has 0 saturated carbocycles. The predicted molar refractivity (Wildman–Crippen MR) is 73.9 cm³/mol. The van der Waals surface area contributed by atoms with Crippen LogP contribution in [0, 0.1) is 5.41 Å². The van der Waals surface area contributed by atoms with Gasteiger partial charge in [0.2, 0.25) is 0 Å². The van der Waals surface area contributed by atoms with Gasteiger partial charge in [-0.3, -0.25) is 5.41 Å². The third kappa shape index (κ3) is 2.06. The molecule has 1 aromatic rings. The number of hydrogen-bond donors (Lipinski definition) is 2. The van der Waals surface area contributed by atoms with Crippen molar-refractivity contribution in [2.45, 2.75) is 25.8 Å². The molecule has 0 aromatic heterocycles. The van der Waals surface area contributed by atoms with E-state index >= 15 is 0 Å². The Hall–Kier alpha value is -1.26. The van der Waals surface area contributed by atoms with Gasteiger partial charge < -0.3 is 5.32 Å². The number of benzene rings is 1. The molecule has 2 amide bonds. The molecule has 1 saturated heterocycles. The number of halogens is 2. The summed E-state index contributed by atoms with van der Waals surface area (Å²) in [5.74, 6) is 0.202. The Kier molecular flexibility index (Phi) is 3.25. The van der Waals surface area contributed by atoms with E-state index in [4.69, 9.17) is 28.6 Å². The van der Waals surface area contributed by atoms with E-state index in [0.29, 0.717) is 22.2 Å². The van der Waals surface area contributed by atoms with Crippen molar-refractivity contribution in [3.05, 3.63) is 28.2 Å². The van der Waals surface area contributed by atoms with E-state index < -0.39 is 5.54 Å². The van der Waals surface area contributed by atoms with Gasteiger partial charge in [-0.2, -0.15) is 0 Å². The van der Waals surface area contributed by atoms with Gasteiger partial charge >= 0.3 is 6.03 Å². The number of nitrogens with zero attached hydrogens (tertiary/aromatic N) is 1. The van der Waals surface area contributed by atoms with Crippen LogP contribution in [0.3, 0.4) is 0 Å². The van der Waals surface area contributed by atoms with E-state index in [2.05, 4.69) is 5.32 Å². The van der Waals surface area contributed by atoms with Gasteiger partial charge in [-0.1, -0.05) is 30.1 Å². The van der Waals surface area contributed by atoms with Gasteiger partial charge in [0, 0.05) is 10.0 Å². The number of amides is 2. The van der Waals surface area contributed by atoms with Crippen molar-refractivity contribution in [1.82, 2.24) is 5.32 Å². The van der Waals surface area contributed by atoms with Gasteiger partial charge in [-0.25, -0.2) is 9.69 Å². The average Bonchev–Trinajstić information content (AvgIpc) is 2.49. The van der Waals surface area contributed by atoms with Crippen LogP contribution in [0.2, 0.25) is 10.0 Å². The van der Waals surface area contributed by atoms with Crippen molar-refractivity contribution in [2.24, 2.45) is 0 Å². The van der Waals surface area contributed by atoms with Gasteiger partial charge in [-0.05, 0) is 31.5 Å². The normalized spacial score (nSPS) is 23.4. The Morgan fingerprint density at radius 3 is 2.33 bits per heavy atom. The van der Waals surface area contributed by atoms with Crippen LogP contribution in [0.4, 0.5) is 10.5 Å². The standard InChI is InChI=1S/C12H13Cl2N3O/c1-3-12(2)10(15)17(11(18)16-12)9-5-7(13)4-8(14)6-9/h4-6,15H,3H2,1-2H3,(H,16,18). The van der Waals surface area contributed by atoms with E-state index in [9.17, 15) is 4.79 Å². The fourth-order valence-electron chi connectivity index (χ4n) is 1.87. The van der Waals surface area contributed by atoms with Gasteiger partial charge in [0.05, 0.1) is 11.2 Å². The summed E-state index contributed by atoms with van der Waals surface area (Å²) in [7, 11) is 0. The van der Waals surface area contributed by atoms with E-state index in [1.807, 2.05) is 13.8 Å². The molecule has 96 valence electrons. The lowest BCUT2D eigenvalue weighted by molar-refractivity contribution is 0.247. The summed E-state index contributed by atoms with van der Waals surface area (Å²) in [5, 5.41) is 11.8. The van der Waals surface area contributed by atoms with Crippen LogP contribution in [0.1, 0.15) is 20.3 Å². The number of carbonyl (C=O) groups excluding carboxylic acids is 1. The molecule has 2 N–H and O–H groups in total. The zero-order chi connectivity index (χ0) is 13.5. The van der Waals surface area contributed by atoms with Gasteiger partial charge in [0.1, 0.15) is 5.84 Å². The first-order chi connectivity index (χ1) is 8.37. The molecule has 2 rings (SSSR count). The number of carbonyl (C=O) groups is 1. The molecule has 4 nitrogen and oxygen atoms in total. The summed E-state index contributed by atoms with van der Waals surface area (Å²) in [6, 6.07) is 4.48. The van der Waals surface area contributed by atoms with Crippen molar-refractivity contribution < 1.29 is 4.79 Å². The molecule has 6 heteroatoms. The maximum absolute atomic E-state index is 12.0. The fourth-order valence-corrected chi connectivity index (χ4v) is 2.38. The van der Waals surface area contributed by atoms with Crippen molar-refractivity contribution in [1.29, 1.82) is 5.41 Å². The quantitative estimate of drug-likeness (QED) is 0.856. The lowest BCUT2D eigenvalue weighted by Gasteiger charge is -2.22. The monoisotopic (exact) mass is 285 g/mol. The number of rotatable bonds is 2. The maximum Gasteiger partial charge on any atom is 0.328 e. The van der Waals surface area contributed by atoms with Gasteiger partial charge in [0.15, 0.2) is 0 Å². The number of hydrogen-bond acceptors (Lipinski definition) is 2. The van der Waals surface area contributed by atoms with Crippen LogP contribution in [0.25, 0.3) is 0 Å². The number of nitrogens with one attached hydrogen (secondary N) is 2. The first-order valence-electron chi connectivity index (χ1n) is 5.55. The molecule has 1 fully saturated rings. The molecule has 18 heavy (non-hydrogen) atoms. The minimum atomic E-state index is -0.647. The van der Waals surface area contributed by atoms with Crippen LogP contribution in [-0.4, -0.2) is 17.4 Å². The van der Waals surface area contributed by atoms with E-state index in [-0.39, 0.29) is 11.9 Å². The highest BCUT2D eigenvalue weighted by Crippen LogP contribution is 2.31. The average molecular weight is 286 g/mol. The second kappa shape index (κ2) is 4.44. The SMILES string of the molecule is CCC1(C)NC(=O)N(c2cc(Cl)cc(Cl)c2)C1=N. The Morgan fingerprint density at radius 1 is 1.33 bits per heavy atom. The van der Waals surface area contributed by atoms with E-state index in [1.54, 1.807) is 18.2 Å². The molecule has 1 aliphatic rings. The second-order valence-corrected chi connectivity index (χ2v) is 5.30. The van der Waals surface area contributed by atoms with Crippen molar-refractivity contribution in [3.8, 4) is 0 Å². The summed E-state index contributed by atoms with van der Waals surface area (Å²) in [4.78, 5) is 13.3. The first kappa shape index (κ1) is 13.2. The molecular weight excluding hydrogens is 273 g/mol. The third-order valence-electron chi connectivity index (χ3n) is 3.14. The smallest absolute Gasteiger partial charge is 0.325 e. The minimum absolute atomic E-state index is 0.202. The second-order valence-electron chi connectivity index (χ2n) is 4.43. The molecule has 0 aliphatic carbocycles. The number of anilines is 1. The lowest BCUT2D eigenvalue weighted by Crippen LogP contribution is -2.42.